The molecule has 0 saturated carbocycles. The number of ether oxygens (including phenoxy) is 2. The number of rotatable bonds is 4. The molecule has 0 bridgehead atoms. The van der Waals surface area contributed by atoms with E-state index in [1.165, 1.54) is 24.3 Å². The lowest BCUT2D eigenvalue weighted by Crippen LogP contribution is -2.13. The minimum atomic E-state index is -0.499. The quantitative estimate of drug-likeness (QED) is 0.494. The molecule has 3 rings (SSSR count). The number of carbonyl (C=O) groups is 1. The number of hydrogen-bond donors (Lipinski definition) is 1. The molecule has 1 heterocycles. The van der Waals surface area contributed by atoms with Crippen LogP contribution in [-0.4, -0.2) is 17.6 Å². The summed E-state index contributed by atoms with van der Waals surface area (Å²) in [5, 5.41) is 14.3. The average molecular weight is 375 g/mol. The van der Waals surface area contributed by atoms with Crippen LogP contribution in [0.5, 0.6) is 5.75 Å². The Morgan fingerprint density at radius 3 is 2.88 bits per heavy atom. The van der Waals surface area contributed by atoms with Gasteiger partial charge < -0.3 is 14.8 Å². The maximum absolute atomic E-state index is 12.1. The van der Waals surface area contributed by atoms with Gasteiger partial charge in [0.1, 0.15) is 5.75 Å². The molecule has 1 amide bonds. The van der Waals surface area contributed by atoms with E-state index in [1.807, 2.05) is 6.92 Å². The second kappa shape index (κ2) is 7.55. The number of nitrogens with one attached hydrogen (secondary N) is 1. The number of aryl methyl sites for hydroxylation is 1. The van der Waals surface area contributed by atoms with Crippen LogP contribution in [0, 0.1) is 17.0 Å². The van der Waals surface area contributed by atoms with E-state index < -0.39 is 10.8 Å². The summed E-state index contributed by atoms with van der Waals surface area (Å²) in [6.07, 6.45) is 2.76. The Hall–Kier alpha value is -2.90. The number of nitrogens with zero attached hydrogens (tertiary/aromatic N) is 1. The lowest BCUT2D eigenvalue weighted by Gasteiger charge is -2.19. The van der Waals surface area contributed by atoms with Crippen molar-refractivity contribution in [2.45, 2.75) is 13.5 Å². The van der Waals surface area contributed by atoms with Crippen molar-refractivity contribution in [1.29, 1.82) is 0 Å². The second-order valence-electron chi connectivity index (χ2n) is 5.68. The molecule has 0 radical (unpaired) electrons. The molecular weight excluding hydrogens is 360 g/mol. The molecule has 134 valence electrons. The highest BCUT2D eigenvalue weighted by molar-refractivity contribution is 6.31. The third kappa shape index (κ3) is 4.01. The summed E-state index contributed by atoms with van der Waals surface area (Å²) < 4.78 is 10.6. The summed E-state index contributed by atoms with van der Waals surface area (Å²) in [6, 6.07) is 7.95. The summed E-state index contributed by atoms with van der Waals surface area (Å²) >= 11 is 6.04. The molecule has 0 unspecified atom stereocenters. The molecule has 2 aromatic rings. The van der Waals surface area contributed by atoms with E-state index in [4.69, 9.17) is 21.1 Å². The Balaban J connectivity index is 1.82. The predicted octanol–water partition coefficient (Wildman–Crippen LogP) is 4.08. The van der Waals surface area contributed by atoms with Gasteiger partial charge in [-0.1, -0.05) is 17.7 Å². The number of non-ortho nitro benzene ring substituents is 1. The van der Waals surface area contributed by atoms with Crippen LogP contribution < -0.4 is 10.1 Å². The van der Waals surface area contributed by atoms with Crippen LogP contribution in [0.2, 0.25) is 5.02 Å². The van der Waals surface area contributed by atoms with Gasteiger partial charge in [0.05, 0.1) is 11.5 Å². The van der Waals surface area contributed by atoms with E-state index in [0.717, 1.165) is 5.56 Å². The number of benzene rings is 2. The topological polar surface area (TPSA) is 90.7 Å². The molecule has 26 heavy (non-hydrogen) atoms. The minimum Gasteiger partial charge on any atom is -0.467 e. The summed E-state index contributed by atoms with van der Waals surface area (Å²) in [7, 11) is 0. The molecule has 0 atom stereocenters. The zero-order valence-corrected chi connectivity index (χ0v) is 14.6. The summed E-state index contributed by atoms with van der Waals surface area (Å²) in [5.74, 6) is 0.0847. The number of carbonyl (C=O) groups excluding carboxylic acids is 1. The number of nitro groups is 1. The van der Waals surface area contributed by atoms with Gasteiger partial charge in [-0.15, -0.1) is 0 Å². The van der Waals surface area contributed by atoms with Gasteiger partial charge in [-0.3, -0.25) is 14.9 Å². The largest absolute Gasteiger partial charge is 0.467 e. The zero-order chi connectivity index (χ0) is 18.7. The highest BCUT2D eigenvalue weighted by Gasteiger charge is 2.19. The molecular formula is C18H15ClN2O5. The molecule has 0 spiro atoms. The fourth-order valence-corrected chi connectivity index (χ4v) is 2.66. The number of amides is 1. The molecule has 0 fully saturated rings. The Morgan fingerprint density at radius 1 is 1.35 bits per heavy atom. The Morgan fingerprint density at radius 2 is 2.15 bits per heavy atom. The highest BCUT2D eigenvalue weighted by Crippen LogP contribution is 2.33. The van der Waals surface area contributed by atoms with E-state index in [-0.39, 0.29) is 19.1 Å². The normalized spacial score (nSPS) is 13.2. The monoisotopic (exact) mass is 374 g/mol. The molecule has 0 aromatic heterocycles. The van der Waals surface area contributed by atoms with Gasteiger partial charge in [0.25, 0.3) is 5.69 Å². The first kappa shape index (κ1) is 17.9. The van der Waals surface area contributed by atoms with E-state index in [9.17, 15) is 14.9 Å². The second-order valence-corrected chi connectivity index (χ2v) is 6.08. The van der Waals surface area contributed by atoms with E-state index in [1.54, 1.807) is 18.2 Å². The van der Waals surface area contributed by atoms with Crippen LogP contribution in [0.25, 0.3) is 6.08 Å². The lowest BCUT2D eigenvalue weighted by atomic mass is 10.1. The number of hydrogen-bond acceptors (Lipinski definition) is 5. The molecule has 1 aliphatic rings. The van der Waals surface area contributed by atoms with Crippen LogP contribution in [-0.2, 0) is 16.1 Å². The Labute approximate surface area is 154 Å². The van der Waals surface area contributed by atoms with Gasteiger partial charge in [0, 0.05) is 40.0 Å². The Kier molecular flexibility index (Phi) is 5.20. The lowest BCUT2D eigenvalue weighted by molar-refractivity contribution is -0.385. The fraction of sp³-hybridized carbons (Fsp3) is 0.167. The molecule has 0 aliphatic carbocycles. The highest BCUT2D eigenvalue weighted by atomic mass is 35.5. The SMILES string of the molecule is Cc1ccc(NC(=O)/C=C/c2cc([N+](=O)[O-])cc3c2OCOC3)cc1Cl. The zero-order valence-electron chi connectivity index (χ0n) is 13.8. The molecule has 1 aliphatic heterocycles. The smallest absolute Gasteiger partial charge is 0.270 e. The molecule has 1 N–H and O–H groups in total. The molecule has 7 nitrogen and oxygen atoms in total. The number of halogens is 1. The van der Waals surface area contributed by atoms with Gasteiger partial charge in [-0.2, -0.15) is 0 Å². The first-order chi connectivity index (χ1) is 12.4. The predicted molar refractivity (Wildman–Crippen MR) is 97.2 cm³/mol. The standard InChI is InChI=1S/C18H15ClN2O5/c1-11-2-4-14(8-16(11)19)20-17(22)5-3-12-6-15(21(23)24)7-13-9-25-10-26-18(12)13/h2-8H,9-10H2,1H3,(H,20,22)/b5-3+. The van der Waals surface area contributed by atoms with Crippen LogP contribution in [0.1, 0.15) is 16.7 Å². The van der Waals surface area contributed by atoms with Crippen molar-refractivity contribution in [3.63, 3.8) is 0 Å². The van der Waals surface area contributed by atoms with Crippen molar-refractivity contribution in [3.8, 4) is 5.75 Å². The first-order valence-corrected chi connectivity index (χ1v) is 8.09. The minimum absolute atomic E-state index is 0.0553. The molecule has 0 saturated heterocycles. The summed E-state index contributed by atoms with van der Waals surface area (Å²) in [5.41, 5.74) is 2.37. The van der Waals surface area contributed by atoms with Gasteiger partial charge in [0.2, 0.25) is 5.91 Å². The van der Waals surface area contributed by atoms with Gasteiger partial charge in [-0.05, 0) is 30.7 Å². The van der Waals surface area contributed by atoms with Crippen molar-refractivity contribution in [3.05, 3.63) is 68.2 Å². The fourth-order valence-electron chi connectivity index (χ4n) is 2.48. The van der Waals surface area contributed by atoms with Crippen LogP contribution in [0.4, 0.5) is 11.4 Å². The van der Waals surface area contributed by atoms with Crippen molar-refractivity contribution in [2.24, 2.45) is 0 Å². The maximum atomic E-state index is 12.1. The van der Waals surface area contributed by atoms with Crippen LogP contribution in [0.15, 0.2) is 36.4 Å². The van der Waals surface area contributed by atoms with Crippen molar-refractivity contribution < 1.29 is 19.2 Å². The summed E-state index contributed by atoms with van der Waals surface area (Å²) in [6.45, 7) is 2.13. The van der Waals surface area contributed by atoms with Crippen molar-refractivity contribution >= 4 is 35.0 Å². The van der Waals surface area contributed by atoms with E-state index >= 15 is 0 Å². The molecule has 8 heteroatoms. The third-order valence-electron chi connectivity index (χ3n) is 3.79. The first-order valence-electron chi connectivity index (χ1n) is 7.71. The number of fused-ring (bicyclic) bond motifs is 1. The van der Waals surface area contributed by atoms with Crippen molar-refractivity contribution in [2.75, 3.05) is 12.1 Å². The van der Waals surface area contributed by atoms with Crippen molar-refractivity contribution in [1.82, 2.24) is 0 Å². The van der Waals surface area contributed by atoms with E-state index in [0.29, 0.717) is 27.6 Å². The van der Waals surface area contributed by atoms with Gasteiger partial charge in [0.15, 0.2) is 6.79 Å². The van der Waals surface area contributed by atoms with Gasteiger partial charge in [-0.25, -0.2) is 0 Å². The van der Waals surface area contributed by atoms with Crippen LogP contribution >= 0.6 is 11.6 Å². The average Bonchev–Trinajstić information content (AvgIpc) is 2.62. The Bertz CT molecular complexity index is 911. The molecule has 2 aromatic carbocycles. The maximum Gasteiger partial charge on any atom is 0.270 e. The summed E-state index contributed by atoms with van der Waals surface area (Å²) in [4.78, 5) is 22.7. The number of anilines is 1. The van der Waals surface area contributed by atoms with Crippen LogP contribution in [0.3, 0.4) is 0 Å². The van der Waals surface area contributed by atoms with Gasteiger partial charge >= 0.3 is 0 Å². The number of nitro benzene ring substituents is 1. The third-order valence-corrected chi connectivity index (χ3v) is 4.20. The van der Waals surface area contributed by atoms with E-state index in [2.05, 4.69) is 5.32 Å².